The second kappa shape index (κ2) is 55.4. The van der Waals surface area contributed by atoms with Crippen molar-refractivity contribution in [1.29, 1.82) is 0 Å². The van der Waals surface area contributed by atoms with Gasteiger partial charge in [0, 0.05) is 12.8 Å². The van der Waals surface area contributed by atoms with Gasteiger partial charge >= 0.3 is 39.5 Å². The minimum absolute atomic E-state index is 0.0560. The third-order valence-electron chi connectivity index (χ3n) is 12.1. The first-order chi connectivity index (χ1) is 39.2. The molecule has 0 saturated heterocycles. The average Bonchev–Trinajstić information content (AvgIpc) is 3.44. The van der Waals surface area contributed by atoms with Crippen molar-refractivity contribution in [3.63, 3.8) is 0 Å². The largest absolute Gasteiger partial charge is 0.472 e. The molecule has 0 heterocycles. The molecule has 0 bridgehead atoms. The fourth-order valence-electron chi connectivity index (χ4n) is 7.49. The molecule has 3 N–H and O–H groups in total. The second-order valence-corrected chi connectivity index (χ2v) is 22.9. The van der Waals surface area contributed by atoms with Gasteiger partial charge in [-0.05, 0) is 89.9 Å². The van der Waals surface area contributed by atoms with Crippen LogP contribution < -0.4 is 0 Å². The van der Waals surface area contributed by atoms with Crippen LogP contribution in [-0.2, 0) is 65.4 Å². The lowest BCUT2D eigenvalue weighted by Gasteiger charge is -2.21. The Morgan fingerprint density at radius 1 is 0.383 bits per heavy atom. The van der Waals surface area contributed by atoms with Gasteiger partial charge in [-0.2, -0.15) is 0 Å². The van der Waals surface area contributed by atoms with Crippen LogP contribution in [0, 0.1) is 0 Å². The zero-order valence-corrected chi connectivity index (χ0v) is 51.7. The maximum atomic E-state index is 12.9. The number of allylic oxidation sites excluding steroid dienone is 12. The Hall–Kier alpha value is -3.76. The number of hydrogen-bond acceptors (Lipinski definition) is 15. The lowest BCUT2D eigenvalue weighted by atomic mass is 10.1. The fourth-order valence-corrected chi connectivity index (χ4v) is 9.07. The highest BCUT2D eigenvalue weighted by Crippen LogP contribution is 2.45. The Labute approximate surface area is 487 Å². The molecule has 0 saturated carbocycles. The third-order valence-corrected chi connectivity index (χ3v) is 14.0. The predicted octanol–water partition coefficient (Wildman–Crippen LogP) is 15.6. The van der Waals surface area contributed by atoms with Crippen LogP contribution in [0.3, 0.4) is 0 Å². The van der Waals surface area contributed by atoms with Gasteiger partial charge in [-0.15, -0.1) is 0 Å². The van der Waals surface area contributed by atoms with Gasteiger partial charge in [0.05, 0.1) is 39.3 Å². The van der Waals surface area contributed by atoms with Crippen molar-refractivity contribution in [2.24, 2.45) is 0 Å². The minimum atomic E-state index is -4.99. The van der Waals surface area contributed by atoms with Crippen LogP contribution in [-0.4, -0.2) is 96.7 Å². The highest BCUT2D eigenvalue weighted by molar-refractivity contribution is 7.47. The molecular weight excluding hydrogens is 1080 g/mol. The number of carbonyl (C=O) groups excluding carboxylic acids is 4. The van der Waals surface area contributed by atoms with Crippen molar-refractivity contribution in [2.45, 2.75) is 245 Å². The van der Waals surface area contributed by atoms with Crippen LogP contribution in [0.4, 0.5) is 0 Å². The first kappa shape index (κ1) is 77.2. The lowest BCUT2D eigenvalue weighted by molar-refractivity contribution is -0.161. The highest BCUT2D eigenvalue weighted by Gasteiger charge is 2.30. The average molecular weight is 1190 g/mol. The van der Waals surface area contributed by atoms with E-state index in [2.05, 4.69) is 70.2 Å². The number of hydrogen-bond donors (Lipinski definition) is 3. The molecule has 5 atom stereocenters. The van der Waals surface area contributed by atoms with E-state index in [1.165, 1.54) is 44.9 Å². The quantitative estimate of drug-likeness (QED) is 0.0128. The molecule has 0 aliphatic heterocycles. The van der Waals surface area contributed by atoms with E-state index in [0.29, 0.717) is 19.3 Å². The van der Waals surface area contributed by atoms with Crippen LogP contribution in [0.1, 0.15) is 227 Å². The zero-order chi connectivity index (χ0) is 59.8. The Morgan fingerprint density at radius 2 is 0.765 bits per heavy atom. The summed E-state index contributed by atoms with van der Waals surface area (Å²) >= 11 is 0. The van der Waals surface area contributed by atoms with Gasteiger partial charge in [0.2, 0.25) is 0 Å². The van der Waals surface area contributed by atoms with E-state index in [1.807, 2.05) is 30.4 Å². The molecule has 2 unspecified atom stereocenters. The van der Waals surface area contributed by atoms with Crippen molar-refractivity contribution in [2.75, 3.05) is 39.6 Å². The van der Waals surface area contributed by atoms with Gasteiger partial charge in [-0.1, -0.05) is 196 Å². The van der Waals surface area contributed by atoms with Crippen molar-refractivity contribution in [1.82, 2.24) is 0 Å². The normalized spacial score (nSPS) is 14.9. The molecule has 0 aliphatic carbocycles. The summed E-state index contributed by atoms with van der Waals surface area (Å²) < 4.78 is 67.3. The molecule has 0 aliphatic rings. The maximum Gasteiger partial charge on any atom is 0.472 e. The molecule has 0 radical (unpaired) electrons. The standard InChI is InChI=1S/C62H106O17P2/c1-5-9-13-17-21-24-27-30-33-36-40-43-47-60(65)72-52-57(78-61(66)48-44-38-20-16-12-8-4)54-76-80(68,69)74-50-56(63)51-75-81(70,71)77-55-58(53-73-59(64)46-42-39-35-32-29-26-23-19-15-11-7-3)79-62(67)49-45-41-37-34-31-28-25-22-18-14-10-6-2/h10,14,21-22,24-26,28-29,31,39,41-42,45,56-58,63H,5-9,11-13,15-20,23,27,30,32-38,40,43-44,46-55H2,1-4H3,(H,68,69)(H,70,71)/b14-10-,24-21+,25-22-,29-26+,31-28?,42-39?,45-41+/t56-,57+,58+/m0/s1. The monoisotopic (exact) mass is 1180 g/mol. The fraction of sp³-hybridized carbons (Fsp3) is 0.710. The SMILES string of the molecule is CC/C=C\C/C=C\C=CCC/C=C/CC(=O)O[C@H](COC(=O)CC=CCC/C=C/CCCCCC)COP(=O)(O)OC[C@@H](O)COP(=O)(O)OC[C@@H](COC(=O)CCCCCCC/C=C/CCCCC)OC(=O)CCCCCCCC. The van der Waals surface area contributed by atoms with Gasteiger partial charge in [-0.25, -0.2) is 9.13 Å². The molecular formula is C62H106O17P2. The summed E-state index contributed by atoms with van der Waals surface area (Å²) in [5.74, 6) is -2.46. The van der Waals surface area contributed by atoms with E-state index in [4.69, 9.17) is 37.0 Å². The Kier molecular flexibility index (Phi) is 52.9. The molecule has 0 rings (SSSR count). The molecule has 0 aromatic heterocycles. The van der Waals surface area contributed by atoms with Gasteiger partial charge in [0.1, 0.15) is 19.3 Å². The zero-order valence-electron chi connectivity index (χ0n) is 49.9. The topological polar surface area (TPSA) is 237 Å². The number of carbonyl (C=O) groups is 4. The number of esters is 4. The van der Waals surface area contributed by atoms with Crippen molar-refractivity contribution >= 4 is 39.5 Å². The maximum absolute atomic E-state index is 12.9. The van der Waals surface area contributed by atoms with Gasteiger partial charge in [0.25, 0.3) is 0 Å². The van der Waals surface area contributed by atoms with E-state index in [9.17, 15) is 43.2 Å². The number of phosphoric ester groups is 2. The van der Waals surface area contributed by atoms with Crippen LogP contribution in [0.15, 0.2) is 85.1 Å². The van der Waals surface area contributed by atoms with Crippen LogP contribution in [0.5, 0.6) is 0 Å². The summed E-state index contributed by atoms with van der Waals surface area (Å²) in [6.45, 7) is 4.35. The Morgan fingerprint density at radius 3 is 1.31 bits per heavy atom. The van der Waals surface area contributed by atoms with Crippen LogP contribution in [0.25, 0.3) is 0 Å². The number of ether oxygens (including phenoxy) is 4. The van der Waals surface area contributed by atoms with E-state index in [0.717, 1.165) is 109 Å². The molecule has 17 nitrogen and oxygen atoms in total. The molecule has 0 aromatic rings. The first-order valence-corrected chi connectivity index (χ1v) is 33.3. The summed E-state index contributed by atoms with van der Waals surface area (Å²) in [6.07, 6.45) is 50.4. The highest BCUT2D eigenvalue weighted by atomic mass is 31.2. The molecule has 81 heavy (non-hydrogen) atoms. The second-order valence-electron chi connectivity index (χ2n) is 20.0. The first-order valence-electron chi connectivity index (χ1n) is 30.3. The molecule has 0 aromatic carbocycles. The summed E-state index contributed by atoms with van der Waals surface area (Å²) in [6, 6.07) is 0. The van der Waals surface area contributed by atoms with Crippen molar-refractivity contribution in [3.8, 4) is 0 Å². The lowest BCUT2D eigenvalue weighted by Crippen LogP contribution is -2.30. The van der Waals surface area contributed by atoms with Gasteiger partial charge < -0.3 is 33.8 Å². The number of aliphatic hydroxyl groups is 1. The summed E-state index contributed by atoms with van der Waals surface area (Å²) in [7, 11) is -9.94. The molecule has 0 fully saturated rings. The van der Waals surface area contributed by atoms with E-state index >= 15 is 0 Å². The number of phosphoric acid groups is 2. The molecule has 0 amide bonds. The van der Waals surface area contributed by atoms with E-state index < -0.39 is 97.5 Å². The Bertz CT molecular complexity index is 1890. The van der Waals surface area contributed by atoms with Gasteiger partial charge in [-0.3, -0.25) is 37.3 Å². The number of aliphatic hydroxyl groups excluding tert-OH is 1. The summed E-state index contributed by atoms with van der Waals surface area (Å²) in [4.78, 5) is 71.7. The molecule has 19 heteroatoms. The minimum Gasteiger partial charge on any atom is -0.462 e. The Balaban J connectivity index is 5.33. The van der Waals surface area contributed by atoms with Crippen molar-refractivity contribution < 1.29 is 80.2 Å². The van der Waals surface area contributed by atoms with Gasteiger partial charge in [0.15, 0.2) is 12.2 Å². The smallest absolute Gasteiger partial charge is 0.462 e. The van der Waals surface area contributed by atoms with E-state index in [1.54, 1.807) is 12.2 Å². The predicted molar refractivity (Wildman–Crippen MR) is 321 cm³/mol. The summed E-state index contributed by atoms with van der Waals surface area (Å²) in [5.41, 5.74) is 0. The molecule has 466 valence electrons. The number of unbranched alkanes of at least 4 members (excludes halogenated alkanes) is 19. The van der Waals surface area contributed by atoms with Crippen LogP contribution >= 0.6 is 15.6 Å². The third kappa shape index (κ3) is 55.2. The van der Waals surface area contributed by atoms with E-state index in [-0.39, 0.29) is 25.7 Å². The molecule has 0 spiro atoms. The number of rotatable bonds is 56. The van der Waals surface area contributed by atoms with Crippen LogP contribution in [0.2, 0.25) is 0 Å². The summed E-state index contributed by atoms with van der Waals surface area (Å²) in [5, 5.41) is 10.5. The van der Waals surface area contributed by atoms with Crippen molar-refractivity contribution in [3.05, 3.63) is 85.1 Å².